The Morgan fingerprint density at radius 3 is 2.52 bits per heavy atom. The first-order valence-corrected chi connectivity index (χ1v) is 8.95. The molecule has 1 aromatic carbocycles. The number of hydrogen-bond donors (Lipinski definition) is 0. The second-order valence-electron chi connectivity index (χ2n) is 6.48. The quantitative estimate of drug-likeness (QED) is 0.835. The molecule has 0 radical (unpaired) electrons. The van der Waals surface area contributed by atoms with Crippen LogP contribution in [0.4, 0.5) is 0 Å². The van der Waals surface area contributed by atoms with Crippen LogP contribution in [0.3, 0.4) is 0 Å². The molecule has 0 N–H and O–H groups in total. The molecule has 2 atom stereocenters. The minimum absolute atomic E-state index is 0.120. The first-order chi connectivity index (χ1) is 12.2. The Kier molecular flexibility index (Phi) is 5.58. The Hall–Kier alpha value is -2.08. The van der Waals surface area contributed by atoms with Crippen molar-refractivity contribution in [1.29, 1.82) is 0 Å². The predicted molar refractivity (Wildman–Crippen MR) is 93.2 cm³/mol. The van der Waals surface area contributed by atoms with Crippen LogP contribution >= 0.6 is 0 Å². The van der Waals surface area contributed by atoms with Gasteiger partial charge in [-0.2, -0.15) is 0 Å². The Morgan fingerprint density at radius 1 is 1.24 bits per heavy atom. The van der Waals surface area contributed by atoms with Gasteiger partial charge in [0.25, 0.3) is 0 Å². The molecule has 0 saturated carbocycles. The molecule has 6 heteroatoms. The van der Waals surface area contributed by atoms with Gasteiger partial charge >= 0.3 is 0 Å². The second kappa shape index (κ2) is 7.87. The number of methoxy groups -OCH3 is 1. The molecule has 2 aliphatic rings. The van der Waals surface area contributed by atoms with Crippen molar-refractivity contribution in [2.75, 3.05) is 40.0 Å². The SMILES string of the molecule is CCN1C(=O)CC[C@@H](C(=O)N2CCOCC2)[C@@H]1c1ccc(OC)cc1. The van der Waals surface area contributed by atoms with Gasteiger partial charge in [-0.15, -0.1) is 0 Å². The molecule has 2 fully saturated rings. The lowest BCUT2D eigenvalue weighted by Gasteiger charge is -2.42. The number of morpholine rings is 1. The van der Waals surface area contributed by atoms with E-state index in [4.69, 9.17) is 9.47 Å². The van der Waals surface area contributed by atoms with Crippen LogP contribution in [0.5, 0.6) is 5.75 Å². The van der Waals surface area contributed by atoms with Crippen molar-refractivity contribution in [3.63, 3.8) is 0 Å². The highest BCUT2D eigenvalue weighted by atomic mass is 16.5. The lowest BCUT2D eigenvalue weighted by molar-refractivity contribution is -0.150. The highest BCUT2D eigenvalue weighted by molar-refractivity contribution is 5.85. The van der Waals surface area contributed by atoms with Crippen molar-refractivity contribution < 1.29 is 19.1 Å². The van der Waals surface area contributed by atoms with Crippen molar-refractivity contribution in [3.05, 3.63) is 29.8 Å². The molecule has 2 amide bonds. The summed E-state index contributed by atoms with van der Waals surface area (Å²) in [5.41, 5.74) is 0.988. The summed E-state index contributed by atoms with van der Waals surface area (Å²) in [5.74, 6) is 0.818. The maximum Gasteiger partial charge on any atom is 0.228 e. The third-order valence-electron chi connectivity index (χ3n) is 5.14. The van der Waals surface area contributed by atoms with Crippen molar-refractivity contribution in [2.24, 2.45) is 5.92 Å². The molecule has 3 rings (SSSR count). The Bertz CT molecular complexity index is 610. The molecule has 0 unspecified atom stereocenters. The van der Waals surface area contributed by atoms with E-state index in [1.807, 2.05) is 41.0 Å². The zero-order chi connectivity index (χ0) is 17.8. The number of carbonyl (C=O) groups excluding carboxylic acids is 2. The topological polar surface area (TPSA) is 59.1 Å². The van der Waals surface area contributed by atoms with Gasteiger partial charge in [0.2, 0.25) is 11.8 Å². The molecule has 136 valence electrons. The third-order valence-corrected chi connectivity index (χ3v) is 5.14. The van der Waals surface area contributed by atoms with Gasteiger partial charge in [-0.25, -0.2) is 0 Å². The van der Waals surface area contributed by atoms with E-state index in [1.54, 1.807) is 7.11 Å². The van der Waals surface area contributed by atoms with E-state index in [0.717, 1.165) is 11.3 Å². The normalized spacial score (nSPS) is 24.3. The fraction of sp³-hybridized carbons (Fsp3) is 0.579. The van der Waals surface area contributed by atoms with Gasteiger partial charge in [-0.05, 0) is 31.0 Å². The van der Waals surface area contributed by atoms with Gasteiger partial charge < -0.3 is 19.3 Å². The van der Waals surface area contributed by atoms with Gasteiger partial charge in [-0.1, -0.05) is 12.1 Å². The number of carbonyl (C=O) groups is 2. The van der Waals surface area contributed by atoms with Crippen LogP contribution in [0.1, 0.15) is 31.4 Å². The molecule has 0 aliphatic carbocycles. The monoisotopic (exact) mass is 346 g/mol. The van der Waals surface area contributed by atoms with E-state index in [-0.39, 0.29) is 23.8 Å². The maximum absolute atomic E-state index is 13.1. The minimum atomic E-state index is -0.215. The molecule has 0 bridgehead atoms. The number of benzene rings is 1. The Labute approximate surface area is 148 Å². The average molecular weight is 346 g/mol. The predicted octanol–water partition coefficient (Wildman–Crippen LogP) is 1.85. The molecular formula is C19H26N2O4. The number of piperidine rings is 1. The zero-order valence-electron chi connectivity index (χ0n) is 14.9. The summed E-state index contributed by atoms with van der Waals surface area (Å²) < 4.78 is 10.6. The first-order valence-electron chi connectivity index (χ1n) is 8.95. The zero-order valence-corrected chi connectivity index (χ0v) is 14.9. The van der Waals surface area contributed by atoms with E-state index in [2.05, 4.69) is 0 Å². The highest BCUT2D eigenvalue weighted by Crippen LogP contribution is 2.38. The molecule has 1 aromatic rings. The standard InChI is InChI=1S/C19H26N2O4/c1-3-21-17(22)9-8-16(19(23)20-10-12-25-13-11-20)18(21)14-4-6-15(24-2)7-5-14/h4-7,16,18H,3,8-13H2,1-2H3/t16-,18+/m1/s1. The minimum Gasteiger partial charge on any atom is -0.497 e. The van der Waals surface area contributed by atoms with Crippen molar-refractivity contribution in [1.82, 2.24) is 9.80 Å². The van der Waals surface area contributed by atoms with Crippen LogP contribution in [-0.2, 0) is 14.3 Å². The van der Waals surface area contributed by atoms with Gasteiger partial charge in [0, 0.05) is 26.1 Å². The van der Waals surface area contributed by atoms with Crippen molar-refractivity contribution in [3.8, 4) is 5.75 Å². The number of likely N-dealkylation sites (tertiary alicyclic amines) is 1. The van der Waals surface area contributed by atoms with E-state index < -0.39 is 0 Å². The molecule has 0 aromatic heterocycles. The molecule has 25 heavy (non-hydrogen) atoms. The summed E-state index contributed by atoms with van der Waals surface area (Å²) in [4.78, 5) is 29.3. The molecule has 0 spiro atoms. The lowest BCUT2D eigenvalue weighted by Crippen LogP contribution is -2.51. The van der Waals surface area contributed by atoms with Crippen LogP contribution in [0.2, 0.25) is 0 Å². The summed E-state index contributed by atoms with van der Waals surface area (Å²) in [6, 6.07) is 7.48. The van der Waals surface area contributed by atoms with Crippen LogP contribution in [0.15, 0.2) is 24.3 Å². The van der Waals surface area contributed by atoms with Crippen LogP contribution in [-0.4, -0.2) is 61.6 Å². The van der Waals surface area contributed by atoms with Crippen LogP contribution in [0.25, 0.3) is 0 Å². The number of rotatable bonds is 4. The molecule has 6 nitrogen and oxygen atoms in total. The first kappa shape index (κ1) is 17.7. The number of amides is 2. The Morgan fingerprint density at radius 2 is 1.92 bits per heavy atom. The summed E-state index contributed by atoms with van der Waals surface area (Å²) in [7, 11) is 1.63. The van der Waals surface area contributed by atoms with Gasteiger partial charge in [0.05, 0.1) is 32.3 Å². The highest BCUT2D eigenvalue weighted by Gasteiger charge is 2.41. The smallest absolute Gasteiger partial charge is 0.228 e. The van der Waals surface area contributed by atoms with Gasteiger partial charge in [0.15, 0.2) is 0 Å². The summed E-state index contributed by atoms with van der Waals surface area (Å²) in [5, 5.41) is 0. The van der Waals surface area contributed by atoms with Crippen LogP contribution < -0.4 is 4.74 Å². The van der Waals surface area contributed by atoms with E-state index in [9.17, 15) is 9.59 Å². The summed E-state index contributed by atoms with van der Waals surface area (Å²) in [6.45, 7) is 5.00. The van der Waals surface area contributed by atoms with Crippen molar-refractivity contribution in [2.45, 2.75) is 25.8 Å². The number of nitrogens with zero attached hydrogens (tertiary/aromatic N) is 2. The summed E-state index contributed by atoms with van der Waals surface area (Å²) >= 11 is 0. The average Bonchev–Trinajstić information content (AvgIpc) is 2.68. The summed E-state index contributed by atoms with van der Waals surface area (Å²) in [6.07, 6.45) is 1.03. The molecule has 2 aliphatic heterocycles. The van der Waals surface area contributed by atoms with Gasteiger partial charge in [0.1, 0.15) is 5.75 Å². The molecular weight excluding hydrogens is 320 g/mol. The lowest BCUT2D eigenvalue weighted by atomic mass is 9.83. The second-order valence-corrected chi connectivity index (χ2v) is 6.48. The fourth-order valence-corrected chi connectivity index (χ4v) is 3.82. The van der Waals surface area contributed by atoms with E-state index >= 15 is 0 Å². The van der Waals surface area contributed by atoms with Gasteiger partial charge in [-0.3, -0.25) is 9.59 Å². The van der Waals surface area contributed by atoms with Crippen molar-refractivity contribution >= 4 is 11.8 Å². The molecule has 2 saturated heterocycles. The van der Waals surface area contributed by atoms with E-state index in [0.29, 0.717) is 45.7 Å². The van der Waals surface area contributed by atoms with E-state index in [1.165, 1.54) is 0 Å². The fourth-order valence-electron chi connectivity index (χ4n) is 3.82. The number of hydrogen-bond acceptors (Lipinski definition) is 4. The number of ether oxygens (including phenoxy) is 2. The largest absolute Gasteiger partial charge is 0.497 e. The molecule has 2 heterocycles. The third kappa shape index (κ3) is 3.63. The maximum atomic E-state index is 13.1. The van der Waals surface area contributed by atoms with Crippen LogP contribution in [0, 0.1) is 5.92 Å². The Balaban J connectivity index is 1.90.